The first-order valence-electron chi connectivity index (χ1n) is 5.69. The Kier molecular flexibility index (Phi) is 6.09. The van der Waals surface area contributed by atoms with Gasteiger partial charge in [0.2, 0.25) is 0 Å². The summed E-state index contributed by atoms with van der Waals surface area (Å²) in [6.45, 7) is 5.21. The predicted molar refractivity (Wildman–Crippen MR) is 73.4 cm³/mol. The molecule has 1 aromatic rings. The van der Waals surface area contributed by atoms with Gasteiger partial charge < -0.3 is 15.0 Å². The zero-order valence-corrected chi connectivity index (χ0v) is 11.9. The molecule has 4 nitrogen and oxygen atoms in total. The molecule has 0 aliphatic carbocycles. The number of amides is 2. The third-order valence-electron chi connectivity index (χ3n) is 2.40. The molecule has 0 radical (unpaired) electrons. The average molecular weight is 291 g/mol. The van der Waals surface area contributed by atoms with Gasteiger partial charge >= 0.3 is 6.03 Å². The van der Waals surface area contributed by atoms with Gasteiger partial charge in [-0.3, -0.25) is 0 Å². The summed E-state index contributed by atoms with van der Waals surface area (Å²) >= 11 is 11.7. The molecule has 0 unspecified atom stereocenters. The van der Waals surface area contributed by atoms with Gasteiger partial charge in [0.1, 0.15) is 5.75 Å². The SMILES string of the molecule is CCN(CC)C(=O)NCOc1ccc(Cl)cc1Cl. The third-order valence-corrected chi connectivity index (χ3v) is 2.93. The smallest absolute Gasteiger partial charge is 0.319 e. The molecule has 0 atom stereocenters. The number of benzene rings is 1. The lowest BCUT2D eigenvalue weighted by molar-refractivity contribution is 0.189. The van der Waals surface area contributed by atoms with E-state index in [0.29, 0.717) is 28.9 Å². The number of rotatable bonds is 5. The van der Waals surface area contributed by atoms with Crippen molar-refractivity contribution in [2.45, 2.75) is 13.8 Å². The van der Waals surface area contributed by atoms with Crippen molar-refractivity contribution in [3.05, 3.63) is 28.2 Å². The van der Waals surface area contributed by atoms with E-state index in [1.54, 1.807) is 23.1 Å². The minimum absolute atomic E-state index is 0.0662. The monoisotopic (exact) mass is 290 g/mol. The summed E-state index contributed by atoms with van der Waals surface area (Å²) in [6, 6.07) is 4.76. The topological polar surface area (TPSA) is 41.6 Å². The molecule has 1 rings (SSSR count). The number of carbonyl (C=O) groups excluding carboxylic acids is 1. The van der Waals surface area contributed by atoms with Crippen molar-refractivity contribution in [2.24, 2.45) is 0 Å². The Hall–Kier alpha value is -1.13. The van der Waals surface area contributed by atoms with Gasteiger partial charge in [0.05, 0.1) is 5.02 Å². The lowest BCUT2D eigenvalue weighted by Gasteiger charge is -2.19. The fraction of sp³-hybridized carbons (Fsp3) is 0.417. The van der Waals surface area contributed by atoms with Gasteiger partial charge in [-0.1, -0.05) is 23.2 Å². The number of halogens is 2. The maximum atomic E-state index is 11.6. The lowest BCUT2D eigenvalue weighted by Crippen LogP contribution is -2.41. The molecule has 1 N–H and O–H groups in total. The number of ether oxygens (including phenoxy) is 1. The average Bonchev–Trinajstić information content (AvgIpc) is 2.33. The molecular formula is C12H16Cl2N2O2. The van der Waals surface area contributed by atoms with Crippen LogP contribution in [0.1, 0.15) is 13.8 Å². The van der Waals surface area contributed by atoms with Crippen LogP contribution in [0.25, 0.3) is 0 Å². The molecular weight excluding hydrogens is 275 g/mol. The lowest BCUT2D eigenvalue weighted by atomic mass is 10.3. The highest BCUT2D eigenvalue weighted by atomic mass is 35.5. The zero-order valence-electron chi connectivity index (χ0n) is 10.4. The van der Waals surface area contributed by atoms with Crippen LogP contribution in [0, 0.1) is 0 Å². The highest BCUT2D eigenvalue weighted by Crippen LogP contribution is 2.27. The van der Waals surface area contributed by atoms with Crippen LogP contribution in [-0.4, -0.2) is 30.8 Å². The van der Waals surface area contributed by atoms with Gasteiger partial charge in [-0.15, -0.1) is 0 Å². The summed E-state index contributed by atoms with van der Waals surface area (Å²) in [5, 5.41) is 3.61. The first-order chi connectivity index (χ1) is 8.58. The molecule has 18 heavy (non-hydrogen) atoms. The Morgan fingerprint density at radius 2 is 2.00 bits per heavy atom. The Labute approximate surface area is 117 Å². The third kappa shape index (κ3) is 4.27. The fourth-order valence-electron chi connectivity index (χ4n) is 1.39. The van der Waals surface area contributed by atoms with Crippen LogP contribution in [0.15, 0.2) is 18.2 Å². The standard InChI is InChI=1S/C12H16Cl2N2O2/c1-3-16(4-2)12(17)15-8-18-11-6-5-9(13)7-10(11)14/h5-7H,3-4,8H2,1-2H3,(H,15,17). The van der Waals surface area contributed by atoms with Gasteiger partial charge in [-0.25, -0.2) is 4.79 Å². The highest BCUT2D eigenvalue weighted by molar-refractivity contribution is 6.35. The number of urea groups is 1. The van der Waals surface area contributed by atoms with Crippen molar-refractivity contribution in [3.63, 3.8) is 0 Å². The van der Waals surface area contributed by atoms with Crippen molar-refractivity contribution < 1.29 is 9.53 Å². The van der Waals surface area contributed by atoms with Crippen molar-refractivity contribution in [1.29, 1.82) is 0 Å². The van der Waals surface area contributed by atoms with Gasteiger partial charge in [-0.2, -0.15) is 0 Å². The van der Waals surface area contributed by atoms with Crippen LogP contribution >= 0.6 is 23.2 Å². The maximum Gasteiger partial charge on any atom is 0.319 e. The van der Waals surface area contributed by atoms with E-state index in [2.05, 4.69) is 5.32 Å². The molecule has 0 fully saturated rings. The van der Waals surface area contributed by atoms with Crippen molar-refractivity contribution in [3.8, 4) is 5.75 Å². The second-order valence-electron chi connectivity index (χ2n) is 3.52. The number of carbonyl (C=O) groups is 1. The molecule has 0 saturated heterocycles. The van der Waals surface area contributed by atoms with E-state index in [1.807, 2.05) is 13.8 Å². The molecule has 0 aromatic heterocycles. The molecule has 1 aromatic carbocycles. The molecule has 0 heterocycles. The summed E-state index contributed by atoms with van der Waals surface area (Å²) in [7, 11) is 0. The molecule has 0 bridgehead atoms. The quantitative estimate of drug-likeness (QED) is 0.845. The van der Waals surface area contributed by atoms with Crippen LogP contribution < -0.4 is 10.1 Å². The molecule has 0 aliphatic heterocycles. The zero-order chi connectivity index (χ0) is 13.5. The Morgan fingerprint density at radius 1 is 1.33 bits per heavy atom. The fourth-order valence-corrected chi connectivity index (χ4v) is 1.85. The molecule has 2 amide bonds. The Bertz CT molecular complexity index is 409. The first-order valence-corrected chi connectivity index (χ1v) is 6.44. The van der Waals surface area contributed by atoms with Crippen molar-refractivity contribution in [1.82, 2.24) is 10.2 Å². The van der Waals surface area contributed by atoms with Crippen molar-refractivity contribution in [2.75, 3.05) is 19.8 Å². The summed E-state index contributed by atoms with van der Waals surface area (Å²) in [4.78, 5) is 13.3. The summed E-state index contributed by atoms with van der Waals surface area (Å²) in [5.74, 6) is 0.487. The summed E-state index contributed by atoms with van der Waals surface area (Å²) in [6.07, 6.45) is 0. The maximum absolute atomic E-state index is 11.6. The van der Waals surface area contributed by atoms with Crippen LogP contribution in [0.4, 0.5) is 4.79 Å². The molecule has 0 spiro atoms. The van der Waals surface area contributed by atoms with Gasteiger partial charge in [0.25, 0.3) is 0 Å². The summed E-state index contributed by atoms with van der Waals surface area (Å²) < 4.78 is 5.35. The van der Waals surface area contributed by atoms with E-state index in [1.165, 1.54) is 0 Å². The van der Waals surface area contributed by atoms with Gasteiger partial charge in [-0.05, 0) is 32.0 Å². The first kappa shape index (κ1) is 14.9. The largest absolute Gasteiger partial charge is 0.472 e. The predicted octanol–water partition coefficient (Wildman–Crippen LogP) is 3.38. The van der Waals surface area contributed by atoms with E-state index >= 15 is 0 Å². The molecule has 0 saturated carbocycles. The van der Waals surface area contributed by atoms with Crippen molar-refractivity contribution >= 4 is 29.2 Å². The minimum atomic E-state index is -0.162. The number of hydrogen-bond donors (Lipinski definition) is 1. The van der Waals surface area contributed by atoms with Crippen LogP contribution in [-0.2, 0) is 0 Å². The normalized spacial score (nSPS) is 10.0. The van der Waals surface area contributed by atoms with E-state index in [0.717, 1.165) is 0 Å². The van der Waals surface area contributed by atoms with Crippen LogP contribution in [0.5, 0.6) is 5.75 Å². The van der Waals surface area contributed by atoms with E-state index in [9.17, 15) is 4.79 Å². The summed E-state index contributed by atoms with van der Waals surface area (Å²) in [5.41, 5.74) is 0. The van der Waals surface area contributed by atoms with Gasteiger partial charge in [0, 0.05) is 18.1 Å². The highest BCUT2D eigenvalue weighted by Gasteiger charge is 2.08. The number of nitrogens with one attached hydrogen (secondary N) is 1. The Balaban J connectivity index is 2.44. The second-order valence-corrected chi connectivity index (χ2v) is 4.36. The minimum Gasteiger partial charge on any atom is -0.472 e. The Morgan fingerprint density at radius 3 is 2.56 bits per heavy atom. The van der Waals surface area contributed by atoms with E-state index in [-0.39, 0.29) is 12.8 Å². The number of nitrogens with zero attached hydrogens (tertiary/aromatic N) is 1. The van der Waals surface area contributed by atoms with Crippen LogP contribution in [0.2, 0.25) is 10.0 Å². The molecule has 0 aliphatic rings. The second kappa shape index (κ2) is 7.34. The number of hydrogen-bond acceptors (Lipinski definition) is 2. The van der Waals surface area contributed by atoms with Gasteiger partial charge in [0.15, 0.2) is 6.73 Å². The van der Waals surface area contributed by atoms with E-state index in [4.69, 9.17) is 27.9 Å². The van der Waals surface area contributed by atoms with E-state index < -0.39 is 0 Å². The van der Waals surface area contributed by atoms with Crippen LogP contribution in [0.3, 0.4) is 0 Å². The molecule has 100 valence electrons. The molecule has 6 heteroatoms.